The third-order valence-corrected chi connectivity index (χ3v) is 3.63. The highest BCUT2D eigenvalue weighted by Gasteiger charge is 2.16. The summed E-state index contributed by atoms with van der Waals surface area (Å²) in [5.74, 6) is -1.26. The highest BCUT2D eigenvalue weighted by atomic mass is 16.5. The van der Waals surface area contributed by atoms with Gasteiger partial charge in [-0.3, -0.25) is 9.59 Å². The van der Waals surface area contributed by atoms with Crippen molar-refractivity contribution in [3.05, 3.63) is 0 Å². The zero-order valence-corrected chi connectivity index (χ0v) is 16.3. The normalized spacial score (nSPS) is 12.6. The first-order chi connectivity index (χ1) is 12.3. The molecule has 0 aromatic carbocycles. The van der Waals surface area contributed by atoms with Crippen molar-refractivity contribution in [1.29, 1.82) is 0 Å². The van der Waals surface area contributed by atoms with E-state index in [1.807, 2.05) is 0 Å². The van der Waals surface area contributed by atoms with Crippen molar-refractivity contribution in [3.8, 4) is 0 Å². The minimum Gasteiger partial charge on any atom is -0.464 e. The molecule has 26 heavy (non-hydrogen) atoms. The van der Waals surface area contributed by atoms with E-state index in [0.29, 0.717) is 38.9 Å². The van der Waals surface area contributed by atoms with Gasteiger partial charge in [-0.15, -0.1) is 0 Å². The number of rotatable bonds is 13. The topological polar surface area (TPSA) is 111 Å². The summed E-state index contributed by atoms with van der Waals surface area (Å²) in [6.45, 7) is 7.21. The first kappa shape index (κ1) is 23.9. The fourth-order valence-electron chi connectivity index (χ4n) is 1.96. The lowest BCUT2D eigenvalue weighted by Gasteiger charge is -2.13. The van der Waals surface area contributed by atoms with Gasteiger partial charge in [-0.2, -0.15) is 0 Å². The van der Waals surface area contributed by atoms with Crippen molar-refractivity contribution in [2.24, 2.45) is 0 Å². The molecule has 0 radical (unpaired) electrons. The largest absolute Gasteiger partial charge is 0.464 e. The minimum atomic E-state index is -0.642. The van der Waals surface area contributed by atoms with Gasteiger partial charge in [0.1, 0.15) is 12.1 Å². The van der Waals surface area contributed by atoms with Crippen LogP contribution in [0.15, 0.2) is 0 Å². The molecule has 0 rings (SSSR count). The number of unbranched alkanes of at least 4 members (excludes halogenated alkanes) is 3. The van der Waals surface area contributed by atoms with Gasteiger partial charge in [0.05, 0.1) is 13.2 Å². The number of nitrogens with one attached hydrogen (secondary N) is 2. The molecular weight excluding hydrogens is 340 g/mol. The predicted molar refractivity (Wildman–Crippen MR) is 96.2 cm³/mol. The third kappa shape index (κ3) is 11.4. The first-order valence-electron chi connectivity index (χ1n) is 9.23. The number of carbonyl (C=O) groups excluding carboxylic acids is 4. The standard InChI is InChI=1S/C18H32N2O6/c1-5-15(21)19-13(3)17(23)25-11-9-7-8-10-12-26-18(24)14(4)20-16(22)6-2/h13-14H,5-12H2,1-4H3,(H,19,21)(H,20,22)/t13-,14-/m0/s1. The van der Waals surface area contributed by atoms with Gasteiger partial charge in [-0.25, -0.2) is 9.59 Å². The van der Waals surface area contributed by atoms with Crippen LogP contribution < -0.4 is 10.6 Å². The highest BCUT2D eigenvalue weighted by Crippen LogP contribution is 2.02. The number of carbonyl (C=O) groups is 4. The second-order valence-corrected chi connectivity index (χ2v) is 6.03. The Bertz CT molecular complexity index is 425. The van der Waals surface area contributed by atoms with Crippen LogP contribution in [0, 0.1) is 0 Å². The molecule has 150 valence electrons. The van der Waals surface area contributed by atoms with E-state index >= 15 is 0 Å². The zero-order chi connectivity index (χ0) is 19.9. The van der Waals surface area contributed by atoms with Gasteiger partial charge in [0.25, 0.3) is 0 Å². The van der Waals surface area contributed by atoms with Gasteiger partial charge >= 0.3 is 11.9 Å². The van der Waals surface area contributed by atoms with Crippen molar-refractivity contribution in [1.82, 2.24) is 10.6 Å². The average Bonchev–Trinajstić information content (AvgIpc) is 2.62. The summed E-state index contributed by atoms with van der Waals surface area (Å²) >= 11 is 0. The molecule has 0 aliphatic rings. The van der Waals surface area contributed by atoms with Crippen LogP contribution >= 0.6 is 0 Å². The van der Waals surface area contributed by atoms with E-state index < -0.39 is 24.0 Å². The van der Waals surface area contributed by atoms with Crippen LogP contribution in [0.5, 0.6) is 0 Å². The van der Waals surface area contributed by atoms with Crippen molar-refractivity contribution in [3.63, 3.8) is 0 Å². The molecule has 0 saturated heterocycles. The molecule has 2 N–H and O–H groups in total. The van der Waals surface area contributed by atoms with E-state index in [-0.39, 0.29) is 11.8 Å². The van der Waals surface area contributed by atoms with Crippen LogP contribution in [0.3, 0.4) is 0 Å². The SMILES string of the molecule is CCC(=O)N[C@@H](C)C(=O)OCCCCCCOC(=O)[C@H](C)NC(=O)CC. The first-order valence-corrected chi connectivity index (χ1v) is 9.23. The molecule has 2 amide bonds. The van der Waals surface area contributed by atoms with E-state index in [4.69, 9.17) is 9.47 Å². The molecule has 0 aliphatic heterocycles. The second kappa shape index (κ2) is 14.1. The molecule has 0 saturated carbocycles. The number of amides is 2. The summed E-state index contributed by atoms with van der Waals surface area (Å²) in [4.78, 5) is 45.7. The van der Waals surface area contributed by atoms with E-state index in [2.05, 4.69) is 10.6 Å². The maximum Gasteiger partial charge on any atom is 0.328 e. The monoisotopic (exact) mass is 372 g/mol. The number of ether oxygens (including phenoxy) is 2. The summed E-state index contributed by atoms with van der Waals surface area (Å²) < 4.78 is 10.2. The zero-order valence-electron chi connectivity index (χ0n) is 16.3. The Kier molecular flexibility index (Phi) is 12.9. The second-order valence-electron chi connectivity index (χ2n) is 6.03. The number of hydrogen-bond acceptors (Lipinski definition) is 6. The van der Waals surface area contributed by atoms with Crippen LogP contribution in [-0.4, -0.2) is 49.1 Å². The number of hydrogen-bond donors (Lipinski definition) is 2. The van der Waals surface area contributed by atoms with Gasteiger partial charge in [0.2, 0.25) is 11.8 Å². The molecule has 0 unspecified atom stereocenters. The summed E-state index contributed by atoms with van der Waals surface area (Å²) in [5, 5.41) is 5.09. The van der Waals surface area contributed by atoms with E-state index in [1.54, 1.807) is 27.7 Å². The Morgan fingerprint density at radius 1 is 0.692 bits per heavy atom. The van der Waals surface area contributed by atoms with Crippen LogP contribution in [0.1, 0.15) is 66.2 Å². The van der Waals surface area contributed by atoms with Gasteiger partial charge in [0.15, 0.2) is 0 Å². The predicted octanol–water partition coefficient (Wildman–Crippen LogP) is 1.46. The fraction of sp³-hybridized carbons (Fsp3) is 0.778. The Labute approximate surface area is 155 Å². The van der Waals surface area contributed by atoms with Gasteiger partial charge in [0, 0.05) is 12.8 Å². The molecule has 0 heterocycles. The van der Waals surface area contributed by atoms with E-state index in [0.717, 1.165) is 12.8 Å². The van der Waals surface area contributed by atoms with Gasteiger partial charge in [-0.1, -0.05) is 13.8 Å². The van der Waals surface area contributed by atoms with Crippen LogP contribution in [0.2, 0.25) is 0 Å². The Hall–Kier alpha value is -2.12. The highest BCUT2D eigenvalue weighted by molar-refractivity contribution is 5.84. The third-order valence-electron chi connectivity index (χ3n) is 3.63. The molecule has 8 heteroatoms. The van der Waals surface area contributed by atoms with Crippen LogP contribution in [0.4, 0.5) is 0 Å². The lowest BCUT2D eigenvalue weighted by molar-refractivity contribution is -0.148. The summed E-state index contributed by atoms with van der Waals surface area (Å²) in [5.41, 5.74) is 0. The van der Waals surface area contributed by atoms with E-state index in [9.17, 15) is 19.2 Å². The van der Waals surface area contributed by atoms with E-state index in [1.165, 1.54) is 0 Å². The molecule has 0 spiro atoms. The average molecular weight is 372 g/mol. The lowest BCUT2D eigenvalue weighted by Crippen LogP contribution is -2.39. The quantitative estimate of drug-likeness (QED) is 0.374. The maximum absolute atomic E-state index is 11.6. The Morgan fingerprint density at radius 2 is 1.04 bits per heavy atom. The molecular formula is C18H32N2O6. The Morgan fingerprint density at radius 3 is 1.35 bits per heavy atom. The molecule has 0 aromatic heterocycles. The van der Waals surface area contributed by atoms with Crippen LogP contribution in [-0.2, 0) is 28.7 Å². The summed E-state index contributed by atoms with van der Waals surface area (Å²) in [6, 6.07) is -1.28. The number of esters is 2. The smallest absolute Gasteiger partial charge is 0.328 e. The lowest BCUT2D eigenvalue weighted by atomic mass is 10.2. The molecule has 8 nitrogen and oxygen atoms in total. The molecule has 2 atom stereocenters. The molecule has 0 bridgehead atoms. The van der Waals surface area contributed by atoms with Crippen LogP contribution in [0.25, 0.3) is 0 Å². The van der Waals surface area contributed by atoms with Crippen molar-refractivity contribution >= 4 is 23.8 Å². The molecule has 0 fully saturated rings. The van der Waals surface area contributed by atoms with Gasteiger partial charge in [-0.05, 0) is 39.5 Å². The Balaban J connectivity index is 3.64. The molecule has 0 aliphatic carbocycles. The van der Waals surface area contributed by atoms with Crippen molar-refractivity contribution in [2.45, 2.75) is 78.3 Å². The van der Waals surface area contributed by atoms with Gasteiger partial charge < -0.3 is 20.1 Å². The summed E-state index contributed by atoms with van der Waals surface area (Å²) in [6.07, 6.45) is 3.73. The van der Waals surface area contributed by atoms with Crippen molar-refractivity contribution in [2.75, 3.05) is 13.2 Å². The van der Waals surface area contributed by atoms with Crippen molar-refractivity contribution < 1.29 is 28.7 Å². The molecule has 0 aromatic rings. The fourth-order valence-corrected chi connectivity index (χ4v) is 1.96. The minimum absolute atomic E-state index is 0.187. The maximum atomic E-state index is 11.6. The summed E-state index contributed by atoms with van der Waals surface area (Å²) in [7, 11) is 0.